The van der Waals surface area contributed by atoms with Crippen molar-refractivity contribution in [1.29, 1.82) is 0 Å². The number of likely N-dealkylation sites (N-methyl/N-ethyl adjacent to an activating group) is 1. The summed E-state index contributed by atoms with van der Waals surface area (Å²) in [5, 5.41) is 11.3. The number of amides is 1. The highest BCUT2D eigenvalue weighted by Gasteiger charge is 2.14. The zero-order chi connectivity index (χ0) is 12.8. The number of carbonyl (C=O) groups excluding carboxylic acids is 1. The van der Waals surface area contributed by atoms with Crippen LogP contribution in [0.2, 0.25) is 0 Å². The summed E-state index contributed by atoms with van der Waals surface area (Å²) >= 11 is 0. The number of anilines is 1. The number of nitrogens with zero attached hydrogens (tertiary/aromatic N) is 1. The van der Waals surface area contributed by atoms with Gasteiger partial charge in [-0.1, -0.05) is 18.2 Å². The Kier molecular flexibility index (Phi) is 4.66. The molecule has 0 saturated carbocycles. The molecule has 1 aromatic rings. The first-order valence-corrected chi connectivity index (χ1v) is 5.30. The van der Waals surface area contributed by atoms with Gasteiger partial charge in [-0.05, 0) is 19.1 Å². The molecule has 1 aromatic carbocycles. The Hall–Kier alpha value is -1.88. The summed E-state index contributed by atoms with van der Waals surface area (Å²) in [4.78, 5) is 23.8. The maximum absolute atomic E-state index is 11.7. The number of rotatable bonds is 5. The fraction of sp³-hybridized carbons (Fsp3) is 0.333. The van der Waals surface area contributed by atoms with E-state index in [2.05, 4.69) is 5.32 Å². The Morgan fingerprint density at radius 1 is 1.35 bits per heavy atom. The van der Waals surface area contributed by atoms with Crippen molar-refractivity contribution in [2.45, 2.75) is 13.0 Å². The molecule has 0 aliphatic heterocycles. The van der Waals surface area contributed by atoms with Crippen LogP contribution in [0.15, 0.2) is 30.3 Å². The van der Waals surface area contributed by atoms with Gasteiger partial charge in [0.2, 0.25) is 5.91 Å². The van der Waals surface area contributed by atoms with Gasteiger partial charge in [0.15, 0.2) is 0 Å². The predicted octanol–water partition coefficient (Wildman–Crippen LogP) is 0.712. The molecule has 0 aliphatic rings. The fourth-order valence-corrected chi connectivity index (χ4v) is 1.24. The van der Waals surface area contributed by atoms with Crippen molar-refractivity contribution >= 4 is 17.6 Å². The number of carboxylic acid groups (broad SMARTS) is 1. The molecule has 5 heteroatoms. The maximum Gasteiger partial charge on any atom is 0.320 e. The second kappa shape index (κ2) is 6.00. The highest BCUT2D eigenvalue weighted by atomic mass is 16.4. The normalized spacial score (nSPS) is 11.9. The summed E-state index contributed by atoms with van der Waals surface area (Å²) in [5.74, 6) is -1.15. The molecule has 0 aliphatic carbocycles. The number of hydrogen-bond donors (Lipinski definition) is 2. The van der Waals surface area contributed by atoms with Gasteiger partial charge in [0.05, 0.1) is 6.54 Å². The lowest BCUT2D eigenvalue weighted by Crippen LogP contribution is -2.42. The van der Waals surface area contributed by atoms with E-state index in [9.17, 15) is 9.59 Å². The molecule has 2 N–H and O–H groups in total. The third-order valence-corrected chi connectivity index (χ3v) is 2.45. The fourth-order valence-electron chi connectivity index (χ4n) is 1.24. The summed E-state index contributed by atoms with van der Waals surface area (Å²) < 4.78 is 0. The van der Waals surface area contributed by atoms with Crippen LogP contribution in [0.5, 0.6) is 0 Å². The summed E-state index contributed by atoms with van der Waals surface area (Å²) in [5.41, 5.74) is 0.780. The van der Waals surface area contributed by atoms with Crippen LogP contribution in [0.3, 0.4) is 0 Å². The molecule has 92 valence electrons. The molecule has 0 spiro atoms. The summed E-state index contributed by atoms with van der Waals surface area (Å²) in [6.45, 7) is 1.50. The molecule has 1 rings (SSSR count). The standard InChI is InChI=1S/C12H16N2O3/c1-9(12(16)17)13-8-11(15)14(2)10-6-4-3-5-7-10/h3-7,9,13H,8H2,1-2H3,(H,16,17)/t9-/m0/s1. The first-order chi connectivity index (χ1) is 8.02. The van der Waals surface area contributed by atoms with Gasteiger partial charge in [0.1, 0.15) is 6.04 Å². The molecule has 0 radical (unpaired) electrons. The minimum Gasteiger partial charge on any atom is -0.480 e. The molecule has 0 fully saturated rings. The summed E-state index contributed by atoms with van der Waals surface area (Å²) in [7, 11) is 1.66. The van der Waals surface area contributed by atoms with Crippen LogP contribution in [-0.4, -0.2) is 36.6 Å². The molecular formula is C12H16N2O3. The van der Waals surface area contributed by atoms with E-state index in [-0.39, 0.29) is 12.5 Å². The lowest BCUT2D eigenvalue weighted by atomic mass is 10.3. The number of carbonyl (C=O) groups is 2. The van der Waals surface area contributed by atoms with Crippen LogP contribution >= 0.6 is 0 Å². The Bertz CT molecular complexity index is 392. The van der Waals surface area contributed by atoms with Crippen LogP contribution in [-0.2, 0) is 9.59 Å². The van der Waals surface area contributed by atoms with Crippen molar-refractivity contribution in [2.24, 2.45) is 0 Å². The SMILES string of the molecule is C[C@H](NCC(=O)N(C)c1ccccc1)C(=O)O. The molecule has 1 atom stereocenters. The smallest absolute Gasteiger partial charge is 0.320 e. The highest BCUT2D eigenvalue weighted by molar-refractivity contribution is 5.94. The second-order valence-electron chi connectivity index (χ2n) is 3.73. The number of nitrogens with one attached hydrogen (secondary N) is 1. The summed E-state index contributed by atoms with van der Waals surface area (Å²) in [6.07, 6.45) is 0. The zero-order valence-corrected chi connectivity index (χ0v) is 9.88. The van der Waals surface area contributed by atoms with Gasteiger partial charge in [-0.3, -0.25) is 14.9 Å². The number of para-hydroxylation sites is 1. The Morgan fingerprint density at radius 2 is 1.94 bits per heavy atom. The van der Waals surface area contributed by atoms with E-state index in [0.717, 1.165) is 5.69 Å². The van der Waals surface area contributed by atoms with Crippen LogP contribution in [0, 0.1) is 0 Å². The van der Waals surface area contributed by atoms with Crippen molar-refractivity contribution in [3.05, 3.63) is 30.3 Å². The van der Waals surface area contributed by atoms with Gasteiger partial charge < -0.3 is 10.0 Å². The molecule has 5 nitrogen and oxygen atoms in total. The highest BCUT2D eigenvalue weighted by Crippen LogP contribution is 2.10. The molecule has 0 heterocycles. The zero-order valence-electron chi connectivity index (χ0n) is 9.88. The molecule has 0 aromatic heterocycles. The topological polar surface area (TPSA) is 69.6 Å². The maximum atomic E-state index is 11.7. The molecule has 0 unspecified atom stereocenters. The van der Waals surface area contributed by atoms with E-state index in [1.54, 1.807) is 7.05 Å². The number of carboxylic acids is 1. The first kappa shape index (κ1) is 13.2. The average Bonchev–Trinajstić information content (AvgIpc) is 2.35. The lowest BCUT2D eigenvalue weighted by molar-refractivity contribution is -0.139. The largest absolute Gasteiger partial charge is 0.480 e. The Morgan fingerprint density at radius 3 is 2.47 bits per heavy atom. The van der Waals surface area contributed by atoms with Crippen molar-refractivity contribution in [2.75, 3.05) is 18.5 Å². The molecule has 1 amide bonds. The molecule has 17 heavy (non-hydrogen) atoms. The molecule has 0 bridgehead atoms. The number of aliphatic carboxylic acids is 1. The first-order valence-electron chi connectivity index (χ1n) is 5.30. The van der Waals surface area contributed by atoms with E-state index in [1.807, 2.05) is 30.3 Å². The van der Waals surface area contributed by atoms with E-state index < -0.39 is 12.0 Å². The van der Waals surface area contributed by atoms with Crippen molar-refractivity contribution < 1.29 is 14.7 Å². The quantitative estimate of drug-likeness (QED) is 0.790. The van der Waals surface area contributed by atoms with Crippen LogP contribution in [0.1, 0.15) is 6.92 Å². The van der Waals surface area contributed by atoms with Gasteiger partial charge >= 0.3 is 5.97 Å². The number of benzene rings is 1. The molecule has 0 saturated heterocycles. The van der Waals surface area contributed by atoms with Gasteiger partial charge in [0, 0.05) is 12.7 Å². The minimum absolute atomic E-state index is 0.00113. The van der Waals surface area contributed by atoms with Crippen LogP contribution in [0.25, 0.3) is 0 Å². The third kappa shape index (κ3) is 3.88. The van der Waals surface area contributed by atoms with Gasteiger partial charge in [-0.15, -0.1) is 0 Å². The van der Waals surface area contributed by atoms with Crippen molar-refractivity contribution in [1.82, 2.24) is 5.32 Å². The minimum atomic E-state index is -0.972. The number of hydrogen-bond acceptors (Lipinski definition) is 3. The van der Waals surface area contributed by atoms with Crippen LogP contribution < -0.4 is 10.2 Å². The predicted molar refractivity (Wildman–Crippen MR) is 65.0 cm³/mol. The van der Waals surface area contributed by atoms with Gasteiger partial charge in [0.25, 0.3) is 0 Å². The lowest BCUT2D eigenvalue weighted by Gasteiger charge is -2.18. The van der Waals surface area contributed by atoms with Crippen LogP contribution in [0.4, 0.5) is 5.69 Å². The van der Waals surface area contributed by atoms with Crippen molar-refractivity contribution in [3.63, 3.8) is 0 Å². The van der Waals surface area contributed by atoms with Crippen molar-refractivity contribution in [3.8, 4) is 0 Å². The third-order valence-electron chi connectivity index (χ3n) is 2.45. The Balaban J connectivity index is 2.51. The van der Waals surface area contributed by atoms with Gasteiger partial charge in [-0.25, -0.2) is 0 Å². The van der Waals surface area contributed by atoms with Gasteiger partial charge in [-0.2, -0.15) is 0 Å². The van der Waals surface area contributed by atoms with E-state index in [4.69, 9.17) is 5.11 Å². The average molecular weight is 236 g/mol. The molecular weight excluding hydrogens is 220 g/mol. The Labute approximate surface area is 100 Å². The van der Waals surface area contributed by atoms with E-state index >= 15 is 0 Å². The summed E-state index contributed by atoms with van der Waals surface area (Å²) in [6, 6.07) is 8.45. The second-order valence-corrected chi connectivity index (χ2v) is 3.73. The van der Waals surface area contributed by atoms with E-state index in [1.165, 1.54) is 11.8 Å². The monoisotopic (exact) mass is 236 g/mol. The van der Waals surface area contributed by atoms with E-state index in [0.29, 0.717) is 0 Å².